The standard InChI is InChI=1S/C15H15N3O4/c1-2-21-14(19)13-16-8-12(9-17-13)18-15(20)22-10-11-6-4-3-5-7-11/h3-9H,2,10H2,1H3,(H,18,20). The topological polar surface area (TPSA) is 90.4 Å². The van der Waals surface area contributed by atoms with E-state index in [1.165, 1.54) is 12.4 Å². The summed E-state index contributed by atoms with van der Waals surface area (Å²) in [5.74, 6) is -0.675. The first-order chi connectivity index (χ1) is 10.7. The summed E-state index contributed by atoms with van der Waals surface area (Å²) >= 11 is 0. The molecule has 0 atom stereocenters. The molecular weight excluding hydrogens is 286 g/mol. The molecule has 2 aromatic rings. The summed E-state index contributed by atoms with van der Waals surface area (Å²) in [4.78, 5) is 30.6. The smallest absolute Gasteiger partial charge is 0.412 e. The lowest BCUT2D eigenvalue weighted by Gasteiger charge is -2.07. The van der Waals surface area contributed by atoms with Gasteiger partial charge in [-0.15, -0.1) is 0 Å². The number of rotatable bonds is 5. The van der Waals surface area contributed by atoms with Gasteiger partial charge in [0.05, 0.1) is 24.7 Å². The van der Waals surface area contributed by atoms with Crippen molar-refractivity contribution in [1.82, 2.24) is 9.97 Å². The average molecular weight is 301 g/mol. The second kappa shape index (κ2) is 7.72. The normalized spacial score (nSPS) is 9.86. The van der Waals surface area contributed by atoms with Crippen molar-refractivity contribution in [3.63, 3.8) is 0 Å². The van der Waals surface area contributed by atoms with E-state index in [1.54, 1.807) is 6.92 Å². The van der Waals surface area contributed by atoms with Crippen LogP contribution < -0.4 is 5.32 Å². The Morgan fingerprint density at radius 1 is 1.09 bits per heavy atom. The van der Waals surface area contributed by atoms with E-state index in [9.17, 15) is 9.59 Å². The monoisotopic (exact) mass is 301 g/mol. The molecule has 0 unspecified atom stereocenters. The lowest BCUT2D eigenvalue weighted by atomic mass is 10.2. The SMILES string of the molecule is CCOC(=O)c1ncc(NC(=O)OCc2ccccc2)cn1. The Labute approximate surface area is 127 Å². The fraction of sp³-hybridized carbons (Fsp3) is 0.200. The number of hydrogen-bond donors (Lipinski definition) is 1. The largest absolute Gasteiger partial charge is 0.460 e. The highest BCUT2D eigenvalue weighted by Crippen LogP contribution is 2.06. The fourth-order valence-electron chi connectivity index (χ4n) is 1.57. The van der Waals surface area contributed by atoms with Crippen LogP contribution in [-0.2, 0) is 16.1 Å². The minimum atomic E-state index is -0.628. The van der Waals surface area contributed by atoms with Gasteiger partial charge in [0.2, 0.25) is 5.82 Å². The van der Waals surface area contributed by atoms with Gasteiger partial charge < -0.3 is 9.47 Å². The van der Waals surface area contributed by atoms with E-state index in [1.807, 2.05) is 30.3 Å². The minimum absolute atomic E-state index is 0.0648. The third-order valence-electron chi connectivity index (χ3n) is 2.57. The molecule has 0 spiro atoms. The maximum atomic E-state index is 11.6. The third-order valence-corrected chi connectivity index (χ3v) is 2.57. The van der Waals surface area contributed by atoms with E-state index in [0.29, 0.717) is 5.69 Å². The Hall–Kier alpha value is -2.96. The molecule has 0 bridgehead atoms. The van der Waals surface area contributed by atoms with Crippen LogP contribution in [0.25, 0.3) is 0 Å². The summed E-state index contributed by atoms with van der Waals surface area (Å²) in [6, 6.07) is 9.30. The van der Waals surface area contributed by atoms with E-state index in [0.717, 1.165) is 5.56 Å². The third kappa shape index (κ3) is 4.55. The molecule has 0 aliphatic rings. The van der Waals surface area contributed by atoms with Crippen LogP contribution in [-0.4, -0.2) is 28.6 Å². The Balaban J connectivity index is 1.85. The first-order valence-corrected chi connectivity index (χ1v) is 6.66. The van der Waals surface area contributed by atoms with Crippen LogP contribution in [0.3, 0.4) is 0 Å². The van der Waals surface area contributed by atoms with Crippen LogP contribution in [0.4, 0.5) is 10.5 Å². The maximum absolute atomic E-state index is 11.6. The molecule has 1 aromatic heterocycles. The highest BCUT2D eigenvalue weighted by molar-refractivity contribution is 5.86. The number of nitrogens with one attached hydrogen (secondary N) is 1. The zero-order valence-corrected chi connectivity index (χ0v) is 12.0. The van der Waals surface area contributed by atoms with E-state index in [4.69, 9.17) is 9.47 Å². The van der Waals surface area contributed by atoms with Crippen LogP contribution in [0.5, 0.6) is 0 Å². The van der Waals surface area contributed by atoms with Gasteiger partial charge in [-0.1, -0.05) is 30.3 Å². The predicted octanol–water partition coefficient (Wildman–Crippen LogP) is 2.40. The van der Waals surface area contributed by atoms with Crippen molar-refractivity contribution in [2.24, 2.45) is 0 Å². The molecule has 0 fully saturated rings. The summed E-state index contributed by atoms with van der Waals surface area (Å²) in [6.45, 7) is 2.10. The van der Waals surface area contributed by atoms with Crippen LogP contribution >= 0.6 is 0 Å². The number of nitrogens with zero attached hydrogens (tertiary/aromatic N) is 2. The molecule has 0 radical (unpaired) electrons. The molecule has 7 heteroatoms. The van der Waals surface area contributed by atoms with Gasteiger partial charge in [0.25, 0.3) is 0 Å². The van der Waals surface area contributed by atoms with Crippen LogP contribution in [0.15, 0.2) is 42.7 Å². The summed E-state index contributed by atoms with van der Waals surface area (Å²) < 4.78 is 9.81. The molecule has 0 aliphatic heterocycles. The number of carbonyl (C=O) groups excluding carboxylic acids is 2. The number of ether oxygens (including phenoxy) is 2. The number of aromatic nitrogens is 2. The van der Waals surface area contributed by atoms with Crippen LogP contribution in [0.1, 0.15) is 23.1 Å². The van der Waals surface area contributed by atoms with Crippen molar-refractivity contribution in [3.05, 3.63) is 54.1 Å². The van der Waals surface area contributed by atoms with Crippen molar-refractivity contribution in [1.29, 1.82) is 0 Å². The zero-order valence-electron chi connectivity index (χ0n) is 12.0. The van der Waals surface area contributed by atoms with E-state index in [-0.39, 0.29) is 19.0 Å². The van der Waals surface area contributed by atoms with E-state index < -0.39 is 12.1 Å². The van der Waals surface area contributed by atoms with Gasteiger partial charge in [-0.3, -0.25) is 5.32 Å². The second-order valence-corrected chi connectivity index (χ2v) is 4.20. The number of carbonyl (C=O) groups is 2. The van der Waals surface area contributed by atoms with Crippen LogP contribution in [0, 0.1) is 0 Å². The number of benzene rings is 1. The lowest BCUT2D eigenvalue weighted by Crippen LogP contribution is -2.15. The molecule has 1 aromatic carbocycles. The van der Waals surface area contributed by atoms with Gasteiger partial charge in [0, 0.05) is 0 Å². The highest BCUT2D eigenvalue weighted by Gasteiger charge is 2.10. The molecule has 7 nitrogen and oxygen atoms in total. The summed E-state index contributed by atoms with van der Waals surface area (Å²) in [7, 11) is 0. The number of amides is 1. The Bertz CT molecular complexity index is 629. The summed E-state index contributed by atoms with van der Waals surface area (Å²) in [5, 5.41) is 2.47. The van der Waals surface area contributed by atoms with E-state index >= 15 is 0 Å². The molecule has 1 amide bonds. The van der Waals surface area contributed by atoms with Gasteiger partial charge in [-0.2, -0.15) is 0 Å². The quantitative estimate of drug-likeness (QED) is 0.853. The Morgan fingerprint density at radius 3 is 2.41 bits per heavy atom. The van der Waals surface area contributed by atoms with Crippen molar-refractivity contribution in [3.8, 4) is 0 Å². The molecule has 1 heterocycles. The Morgan fingerprint density at radius 2 is 1.77 bits per heavy atom. The molecule has 2 rings (SSSR count). The van der Waals surface area contributed by atoms with Gasteiger partial charge in [0.1, 0.15) is 6.61 Å². The minimum Gasteiger partial charge on any atom is -0.460 e. The molecule has 0 saturated carbocycles. The average Bonchev–Trinajstić information content (AvgIpc) is 2.55. The highest BCUT2D eigenvalue weighted by atomic mass is 16.5. The van der Waals surface area contributed by atoms with Gasteiger partial charge >= 0.3 is 12.1 Å². The van der Waals surface area contributed by atoms with Crippen molar-refractivity contribution in [2.75, 3.05) is 11.9 Å². The zero-order chi connectivity index (χ0) is 15.8. The van der Waals surface area contributed by atoms with Crippen molar-refractivity contribution in [2.45, 2.75) is 13.5 Å². The summed E-state index contributed by atoms with van der Waals surface area (Å²) in [6.07, 6.45) is 1.99. The molecule has 1 N–H and O–H groups in total. The predicted molar refractivity (Wildman–Crippen MR) is 78.2 cm³/mol. The maximum Gasteiger partial charge on any atom is 0.412 e. The second-order valence-electron chi connectivity index (χ2n) is 4.20. The van der Waals surface area contributed by atoms with Gasteiger partial charge in [0.15, 0.2) is 0 Å². The molecule has 114 valence electrons. The first-order valence-electron chi connectivity index (χ1n) is 6.66. The van der Waals surface area contributed by atoms with Crippen LogP contribution in [0.2, 0.25) is 0 Å². The number of esters is 1. The van der Waals surface area contributed by atoms with Crippen molar-refractivity contribution >= 4 is 17.7 Å². The Kier molecular flexibility index (Phi) is 5.42. The number of hydrogen-bond acceptors (Lipinski definition) is 6. The van der Waals surface area contributed by atoms with Crippen molar-refractivity contribution < 1.29 is 19.1 Å². The molecular formula is C15H15N3O4. The van der Waals surface area contributed by atoms with Gasteiger partial charge in [-0.25, -0.2) is 19.6 Å². The lowest BCUT2D eigenvalue weighted by molar-refractivity contribution is 0.0512. The fourth-order valence-corrected chi connectivity index (χ4v) is 1.57. The number of anilines is 1. The first kappa shape index (κ1) is 15.4. The molecule has 0 aliphatic carbocycles. The van der Waals surface area contributed by atoms with Gasteiger partial charge in [-0.05, 0) is 12.5 Å². The molecule has 22 heavy (non-hydrogen) atoms. The van der Waals surface area contributed by atoms with E-state index in [2.05, 4.69) is 15.3 Å². The molecule has 0 saturated heterocycles. The summed E-state index contributed by atoms with van der Waals surface area (Å²) in [5.41, 5.74) is 1.21.